The molecule has 1 fully saturated rings. The van der Waals surface area contributed by atoms with Crippen molar-refractivity contribution < 1.29 is 29.0 Å². The molecular weight excluding hydrogens is 410 g/mol. The average Bonchev–Trinajstić information content (AvgIpc) is 3.06. The van der Waals surface area contributed by atoms with Crippen LogP contribution in [0.3, 0.4) is 0 Å². The number of imide groups is 1. The molecule has 3 aliphatic carbocycles. The van der Waals surface area contributed by atoms with Crippen LogP contribution >= 0.6 is 0 Å². The van der Waals surface area contributed by atoms with Crippen molar-refractivity contribution in [3.05, 3.63) is 58.2 Å². The summed E-state index contributed by atoms with van der Waals surface area (Å²) in [6.45, 7) is 3.76. The van der Waals surface area contributed by atoms with Crippen LogP contribution in [0.25, 0.3) is 0 Å². The fourth-order valence-electron chi connectivity index (χ4n) is 5.69. The van der Waals surface area contributed by atoms with Gasteiger partial charge in [-0.3, -0.25) is 24.5 Å². The fourth-order valence-corrected chi connectivity index (χ4v) is 5.69. The van der Waals surface area contributed by atoms with Gasteiger partial charge in [-0.05, 0) is 44.7 Å². The molecule has 1 heterocycles. The summed E-state index contributed by atoms with van der Waals surface area (Å²) in [5.74, 6) is -3.09. The molecule has 0 spiro atoms. The number of benzene rings is 1. The fraction of sp³-hybridized carbons (Fsp3) is 0.360. The molecule has 2 amide bonds. The van der Waals surface area contributed by atoms with Gasteiger partial charge in [0.1, 0.15) is 0 Å². The monoisotopic (exact) mass is 433 g/mol. The summed E-state index contributed by atoms with van der Waals surface area (Å²) in [4.78, 5) is 51.2. The van der Waals surface area contributed by atoms with E-state index in [1.54, 1.807) is 32.0 Å². The van der Waals surface area contributed by atoms with Crippen LogP contribution in [-0.4, -0.2) is 35.1 Å². The standard InChI is InChI=1S/C25H23NO6/c1-3-32-18-6-4-5-13(23(18)29)19-12-7-8-14-20(25(31)26-24(14)30)15(12)10-16-21(19)17(27)9-11(2)22(16)28/h4-7,9,14-15,19-20,29H,3,8,10H2,1-2H3,(H,26,30,31)/t14-,15+,19+,20-/m0/s1. The largest absolute Gasteiger partial charge is 0.504 e. The van der Waals surface area contributed by atoms with E-state index in [0.717, 1.165) is 5.57 Å². The second kappa shape index (κ2) is 7.29. The number of carbonyl (C=O) groups is 4. The van der Waals surface area contributed by atoms with Crippen molar-refractivity contribution in [1.82, 2.24) is 5.32 Å². The first-order chi connectivity index (χ1) is 15.3. The van der Waals surface area contributed by atoms with Gasteiger partial charge in [-0.1, -0.05) is 23.8 Å². The van der Waals surface area contributed by atoms with E-state index < -0.39 is 23.7 Å². The Morgan fingerprint density at radius 2 is 1.91 bits per heavy atom. The summed E-state index contributed by atoms with van der Waals surface area (Å²) in [6.07, 6.45) is 3.85. The number of hydrogen-bond acceptors (Lipinski definition) is 6. The summed E-state index contributed by atoms with van der Waals surface area (Å²) < 4.78 is 5.55. The molecule has 0 aromatic heterocycles. The molecule has 7 heteroatoms. The number of Topliss-reactive ketones (excluding diaryl/α,β-unsaturated/α-hetero) is 1. The summed E-state index contributed by atoms with van der Waals surface area (Å²) in [5.41, 5.74) is 2.32. The molecule has 2 N–H and O–H groups in total. The van der Waals surface area contributed by atoms with E-state index >= 15 is 0 Å². The lowest BCUT2D eigenvalue weighted by Crippen LogP contribution is -2.39. The molecule has 4 atom stereocenters. The Kier molecular flexibility index (Phi) is 4.65. The highest BCUT2D eigenvalue weighted by atomic mass is 16.5. The van der Waals surface area contributed by atoms with Crippen molar-refractivity contribution in [2.24, 2.45) is 17.8 Å². The number of phenolic OH excluding ortho intramolecular Hbond substituents is 1. The van der Waals surface area contributed by atoms with Gasteiger partial charge in [0, 0.05) is 28.2 Å². The lowest BCUT2D eigenvalue weighted by molar-refractivity contribution is -0.126. The number of fused-ring (bicyclic) bond motifs is 3. The average molecular weight is 433 g/mol. The summed E-state index contributed by atoms with van der Waals surface area (Å²) in [7, 11) is 0. The van der Waals surface area contributed by atoms with E-state index in [1.807, 2.05) is 6.08 Å². The van der Waals surface area contributed by atoms with Crippen LogP contribution in [0.1, 0.15) is 38.2 Å². The summed E-state index contributed by atoms with van der Waals surface area (Å²) in [6, 6.07) is 5.09. The Balaban J connectivity index is 1.73. The number of ether oxygens (including phenoxy) is 1. The maximum Gasteiger partial charge on any atom is 0.231 e. The van der Waals surface area contributed by atoms with Gasteiger partial charge in [-0.25, -0.2) is 0 Å². The highest BCUT2D eigenvalue weighted by Crippen LogP contribution is 2.55. The Morgan fingerprint density at radius 1 is 1.12 bits per heavy atom. The predicted octanol–water partition coefficient (Wildman–Crippen LogP) is 2.51. The summed E-state index contributed by atoms with van der Waals surface area (Å²) in [5, 5.41) is 13.4. The van der Waals surface area contributed by atoms with E-state index in [0.29, 0.717) is 41.1 Å². The lowest BCUT2D eigenvalue weighted by atomic mass is 9.59. The topological polar surface area (TPSA) is 110 Å². The molecule has 0 saturated carbocycles. The van der Waals surface area contributed by atoms with E-state index in [9.17, 15) is 24.3 Å². The lowest BCUT2D eigenvalue weighted by Gasteiger charge is -2.42. The normalized spacial score (nSPS) is 29.1. The molecular formula is C25H23NO6. The highest BCUT2D eigenvalue weighted by Gasteiger charge is 2.53. The SMILES string of the molecule is CCOc1cccc([C@H]2C3=CC[C@@H]4C(=O)NC(=O)[C@@H]4[C@@H]3CC3=C2C(=O)C=C(C)C3=O)c1O. The van der Waals surface area contributed by atoms with Crippen molar-refractivity contribution in [2.75, 3.05) is 6.61 Å². The molecule has 1 aromatic rings. The van der Waals surface area contributed by atoms with Gasteiger partial charge in [-0.2, -0.15) is 0 Å². The number of amides is 2. The minimum Gasteiger partial charge on any atom is -0.504 e. The number of carbonyl (C=O) groups excluding carboxylic acids is 4. The van der Waals surface area contributed by atoms with Crippen LogP contribution in [0, 0.1) is 17.8 Å². The van der Waals surface area contributed by atoms with E-state index in [2.05, 4.69) is 5.32 Å². The number of aromatic hydroxyl groups is 1. The number of ketones is 2. The smallest absolute Gasteiger partial charge is 0.231 e. The van der Waals surface area contributed by atoms with Crippen LogP contribution < -0.4 is 10.1 Å². The number of phenols is 1. The van der Waals surface area contributed by atoms with Gasteiger partial charge >= 0.3 is 0 Å². The third-order valence-electron chi connectivity index (χ3n) is 7.05. The van der Waals surface area contributed by atoms with Crippen LogP contribution in [0.4, 0.5) is 0 Å². The predicted molar refractivity (Wildman–Crippen MR) is 114 cm³/mol. The first kappa shape index (κ1) is 20.4. The third-order valence-corrected chi connectivity index (χ3v) is 7.05. The van der Waals surface area contributed by atoms with Crippen molar-refractivity contribution in [2.45, 2.75) is 32.6 Å². The Hall–Kier alpha value is -3.48. The van der Waals surface area contributed by atoms with Crippen LogP contribution in [0.15, 0.2) is 52.6 Å². The quantitative estimate of drug-likeness (QED) is 0.431. The maximum absolute atomic E-state index is 13.1. The number of nitrogens with one attached hydrogen (secondary N) is 1. The number of allylic oxidation sites excluding steroid dienone is 6. The van der Waals surface area contributed by atoms with Crippen LogP contribution in [0.5, 0.6) is 11.5 Å². The van der Waals surface area contributed by atoms with E-state index in [4.69, 9.17) is 4.74 Å². The van der Waals surface area contributed by atoms with E-state index in [1.165, 1.54) is 6.08 Å². The molecule has 0 unspecified atom stereocenters. The zero-order valence-corrected chi connectivity index (χ0v) is 17.8. The van der Waals surface area contributed by atoms with Gasteiger partial charge in [0.05, 0.1) is 18.4 Å². The van der Waals surface area contributed by atoms with Gasteiger partial charge in [0.25, 0.3) is 0 Å². The van der Waals surface area contributed by atoms with Crippen molar-refractivity contribution in [3.8, 4) is 11.5 Å². The molecule has 164 valence electrons. The van der Waals surface area contributed by atoms with Crippen molar-refractivity contribution in [3.63, 3.8) is 0 Å². The van der Waals surface area contributed by atoms with Gasteiger partial charge in [0.2, 0.25) is 11.8 Å². The number of rotatable bonds is 3. The minimum absolute atomic E-state index is 0.0895. The van der Waals surface area contributed by atoms with Gasteiger partial charge in [-0.15, -0.1) is 0 Å². The molecule has 1 aliphatic heterocycles. The highest BCUT2D eigenvalue weighted by molar-refractivity contribution is 6.23. The second-order valence-electron chi connectivity index (χ2n) is 8.71. The third kappa shape index (κ3) is 2.80. The minimum atomic E-state index is -0.686. The zero-order valence-electron chi connectivity index (χ0n) is 17.8. The Bertz CT molecular complexity index is 1190. The molecule has 0 radical (unpaired) electrons. The first-order valence-corrected chi connectivity index (χ1v) is 10.8. The van der Waals surface area contributed by atoms with Crippen molar-refractivity contribution in [1.29, 1.82) is 0 Å². The molecule has 7 nitrogen and oxygen atoms in total. The molecule has 32 heavy (non-hydrogen) atoms. The first-order valence-electron chi connectivity index (χ1n) is 10.8. The molecule has 1 aromatic carbocycles. The second-order valence-corrected chi connectivity index (χ2v) is 8.71. The summed E-state index contributed by atoms with van der Waals surface area (Å²) >= 11 is 0. The zero-order chi connectivity index (χ0) is 22.7. The van der Waals surface area contributed by atoms with Gasteiger partial charge < -0.3 is 9.84 Å². The molecule has 5 rings (SSSR count). The van der Waals surface area contributed by atoms with Gasteiger partial charge in [0.15, 0.2) is 23.1 Å². The van der Waals surface area contributed by atoms with E-state index in [-0.39, 0.29) is 35.6 Å². The maximum atomic E-state index is 13.1. The number of para-hydroxylation sites is 1. The molecule has 4 aliphatic rings. The number of hydrogen-bond donors (Lipinski definition) is 2. The van der Waals surface area contributed by atoms with Crippen LogP contribution in [0.2, 0.25) is 0 Å². The molecule has 0 bridgehead atoms. The van der Waals surface area contributed by atoms with Crippen molar-refractivity contribution >= 4 is 23.4 Å². The van der Waals surface area contributed by atoms with Crippen LogP contribution in [-0.2, 0) is 19.2 Å². The molecule has 1 saturated heterocycles. The Morgan fingerprint density at radius 3 is 2.66 bits per heavy atom. The Labute approximate surface area is 184 Å².